The van der Waals surface area contributed by atoms with E-state index in [2.05, 4.69) is 25.3 Å². The van der Waals surface area contributed by atoms with Gasteiger partial charge in [0.15, 0.2) is 0 Å². The fraction of sp³-hybridized carbons (Fsp3) is 0.333. The second-order valence-electron chi connectivity index (χ2n) is 5.60. The lowest BCUT2D eigenvalue weighted by atomic mass is 9.78. The van der Waals surface area contributed by atoms with Crippen molar-refractivity contribution in [1.29, 1.82) is 0 Å². The third kappa shape index (κ3) is 2.37. The van der Waals surface area contributed by atoms with Gasteiger partial charge >= 0.3 is 0 Å². The molecule has 3 aromatic rings. The van der Waals surface area contributed by atoms with Crippen LogP contribution in [0.15, 0.2) is 28.6 Å². The van der Waals surface area contributed by atoms with Crippen LogP contribution in [0.2, 0.25) is 0 Å². The molecule has 3 heterocycles. The summed E-state index contributed by atoms with van der Waals surface area (Å²) in [4.78, 5) is 27.1. The van der Waals surface area contributed by atoms with E-state index >= 15 is 0 Å². The average Bonchev–Trinajstić information content (AvgIpc) is 2.90. The van der Waals surface area contributed by atoms with E-state index in [0.29, 0.717) is 12.0 Å². The molecule has 0 atom stereocenters. The molecule has 1 fully saturated rings. The van der Waals surface area contributed by atoms with Crippen molar-refractivity contribution in [2.24, 2.45) is 0 Å². The standard InChI is InChI=1S/C15H15N5OS/c1-8-18-11-2-3-22-14(11)15(19-8)20-10-4-9(5-10)12-6-13(21)17-7-16-12/h2-3,6-7,9-10H,4-5H2,1H3,(H,16,17,21)(H,18,19,20). The number of H-pyrrole nitrogens is 1. The van der Waals surface area contributed by atoms with Gasteiger partial charge in [0, 0.05) is 18.0 Å². The number of rotatable bonds is 3. The summed E-state index contributed by atoms with van der Waals surface area (Å²) in [5.41, 5.74) is 1.78. The zero-order valence-corrected chi connectivity index (χ0v) is 12.9. The van der Waals surface area contributed by atoms with Crippen LogP contribution in [0.25, 0.3) is 10.2 Å². The van der Waals surface area contributed by atoms with Crippen LogP contribution in [0.1, 0.15) is 30.3 Å². The highest BCUT2D eigenvalue weighted by molar-refractivity contribution is 7.17. The first-order valence-electron chi connectivity index (χ1n) is 7.22. The maximum Gasteiger partial charge on any atom is 0.250 e. The molecular weight excluding hydrogens is 298 g/mol. The third-order valence-electron chi connectivity index (χ3n) is 4.01. The lowest BCUT2D eigenvalue weighted by Crippen LogP contribution is -2.35. The smallest absolute Gasteiger partial charge is 0.250 e. The van der Waals surface area contributed by atoms with Gasteiger partial charge in [-0.1, -0.05) is 0 Å². The van der Waals surface area contributed by atoms with Crippen LogP contribution < -0.4 is 10.9 Å². The normalized spacial score (nSPS) is 20.8. The van der Waals surface area contributed by atoms with Crippen LogP contribution in [0.3, 0.4) is 0 Å². The third-order valence-corrected chi connectivity index (χ3v) is 4.92. The summed E-state index contributed by atoms with van der Waals surface area (Å²) in [5, 5.41) is 5.54. The number of anilines is 1. The van der Waals surface area contributed by atoms with Crippen molar-refractivity contribution in [2.45, 2.75) is 31.7 Å². The fourth-order valence-corrected chi connectivity index (χ4v) is 3.64. The van der Waals surface area contributed by atoms with Crippen molar-refractivity contribution >= 4 is 27.4 Å². The van der Waals surface area contributed by atoms with Gasteiger partial charge in [0.05, 0.1) is 22.2 Å². The monoisotopic (exact) mass is 313 g/mol. The van der Waals surface area contributed by atoms with Gasteiger partial charge in [0.25, 0.3) is 5.56 Å². The van der Waals surface area contributed by atoms with Crippen molar-refractivity contribution in [2.75, 3.05) is 5.32 Å². The van der Waals surface area contributed by atoms with E-state index in [9.17, 15) is 4.79 Å². The highest BCUT2D eigenvalue weighted by Crippen LogP contribution is 2.38. The van der Waals surface area contributed by atoms with Gasteiger partial charge in [-0.15, -0.1) is 11.3 Å². The highest BCUT2D eigenvalue weighted by Gasteiger charge is 2.32. The van der Waals surface area contributed by atoms with E-state index in [-0.39, 0.29) is 5.56 Å². The van der Waals surface area contributed by atoms with Gasteiger partial charge in [0.1, 0.15) is 11.6 Å². The minimum absolute atomic E-state index is 0.0897. The van der Waals surface area contributed by atoms with Crippen LogP contribution in [-0.2, 0) is 0 Å². The summed E-state index contributed by atoms with van der Waals surface area (Å²) in [6.45, 7) is 1.91. The molecule has 1 aliphatic carbocycles. The number of aromatic nitrogens is 4. The van der Waals surface area contributed by atoms with Gasteiger partial charge in [-0.2, -0.15) is 0 Å². The van der Waals surface area contributed by atoms with Crippen molar-refractivity contribution in [1.82, 2.24) is 19.9 Å². The Morgan fingerprint density at radius 1 is 1.36 bits per heavy atom. The Bertz CT molecular complexity index is 881. The Morgan fingerprint density at radius 2 is 2.23 bits per heavy atom. The van der Waals surface area contributed by atoms with E-state index in [0.717, 1.165) is 40.4 Å². The first kappa shape index (κ1) is 13.4. The maximum atomic E-state index is 11.3. The van der Waals surface area contributed by atoms with Crippen LogP contribution in [0, 0.1) is 6.92 Å². The summed E-state index contributed by atoms with van der Waals surface area (Å²) < 4.78 is 1.10. The summed E-state index contributed by atoms with van der Waals surface area (Å²) >= 11 is 1.65. The predicted molar refractivity (Wildman–Crippen MR) is 86.4 cm³/mol. The molecule has 0 bridgehead atoms. The lowest BCUT2D eigenvalue weighted by molar-refractivity contribution is 0.366. The number of nitrogens with one attached hydrogen (secondary N) is 2. The predicted octanol–water partition coefficient (Wildman–Crippen LogP) is 2.44. The summed E-state index contributed by atoms with van der Waals surface area (Å²) in [6.07, 6.45) is 3.40. The first-order chi connectivity index (χ1) is 10.7. The number of hydrogen-bond donors (Lipinski definition) is 2. The zero-order chi connectivity index (χ0) is 15.1. The molecule has 2 N–H and O–H groups in total. The van der Waals surface area contributed by atoms with Gasteiger partial charge in [-0.3, -0.25) is 4.79 Å². The Labute approximate surface area is 130 Å². The molecule has 0 spiro atoms. The molecule has 0 aliphatic heterocycles. The molecule has 1 aliphatic rings. The number of nitrogens with zero attached hydrogens (tertiary/aromatic N) is 3. The van der Waals surface area contributed by atoms with Crippen molar-refractivity contribution < 1.29 is 0 Å². The van der Waals surface area contributed by atoms with E-state index in [1.807, 2.05) is 18.4 Å². The number of aromatic amines is 1. The van der Waals surface area contributed by atoms with Crippen molar-refractivity contribution in [3.63, 3.8) is 0 Å². The Hall–Kier alpha value is -2.28. The number of fused-ring (bicyclic) bond motifs is 1. The average molecular weight is 313 g/mol. The fourth-order valence-electron chi connectivity index (χ4n) is 2.85. The molecule has 1 saturated carbocycles. The topological polar surface area (TPSA) is 83.6 Å². The van der Waals surface area contributed by atoms with Crippen molar-refractivity contribution in [3.05, 3.63) is 45.7 Å². The Kier molecular flexibility index (Phi) is 3.15. The Morgan fingerprint density at radius 3 is 3.05 bits per heavy atom. The van der Waals surface area contributed by atoms with Gasteiger partial charge < -0.3 is 10.3 Å². The summed E-state index contributed by atoms with van der Waals surface area (Å²) in [6, 6.07) is 3.97. The van der Waals surface area contributed by atoms with Crippen LogP contribution in [0.4, 0.5) is 5.82 Å². The summed E-state index contributed by atoms with van der Waals surface area (Å²) in [5.74, 6) is 2.04. The van der Waals surface area contributed by atoms with Crippen LogP contribution in [-0.4, -0.2) is 26.0 Å². The molecule has 0 saturated heterocycles. The van der Waals surface area contributed by atoms with Crippen LogP contribution in [0.5, 0.6) is 0 Å². The minimum Gasteiger partial charge on any atom is -0.366 e. The second kappa shape index (κ2) is 5.17. The molecule has 0 unspecified atom stereocenters. The molecule has 22 heavy (non-hydrogen) atoms. The van der Waals surface area contributed by atoms with E-state index in [4.69, 9.17) is 0 Å². The van der Waals surface area contributed by atoms with Crippen LogP contribution >= 0.6 is 11.3 Å². The minimum atomic E-state index is -0.0897. The molecule has 0 radical (unpaired) electrons. The van der Waals surface area contributed by atoms with E-state index < -0.39 is 0 Å². The first-order valence-corrected chi connectivity index (χ1v) is 8.10. The number of thiophene rings is 1. The Balaban J connectivity index is 1.49. The van der Waals surface area contributed by atoms with Gasteiger partial charge in [-0.05, 0) is 31.2 Å². The van der Waals surface area contributed by atoms with Gasteiger partial charge in [0.2, 0.25) is 0 Å². The maximum absolute atomic E-state index is 11.3. The zero-order valence-electron chi connectivity index (χ0n) is 12.0. The largest absolute Gasteiger partial charge is 0.366 e. The molecule has 0 amide bonds. The lowest BCUT2D eigenvalue weighted by Gasteiger charge is -2.35. The quantitative estimate of drug-likeness (QED) is 0.776. The summed E-state index contributed by atoms with van der Waals surface area (Å²) in [7, 11) is 0. The molecular formula is C15H15N5OS. The molecule has 112 valence electrons. The molecule has 4 rings (SSSR count). The second-order valence-corrected chi connectivity index (χ2v) is 6.52. The molecule has 6 nitrogen and oxygen atoms in total. The van der Waals surface area contributed by atoms with Crippen molar-refractivity contribution in [3.8, 4) is 0 Å². The molecule has 7 heteroatoms. The molecule has 3 aromatic heterocycles. The van der Waals surface area contributed by atoms with Gasteiger partial charge in [-0.25, -0.2) is 15.0 Å². The van der Waals surface area contributed by atoms with E-state index in [1.165, 1.54) is 6.33 Å². The molecule has 0 aromatic carbocycles. The van der Waals surface area contributed by atoms with E-state index in [1.54, 1.807) is 17.4 Å². The number of aryl methyl sites for hydroxylation is 1. The highest BCUT2D eigenvalue weighted by atomic mass is 32.1. The number of hydrogen-bond acceptors (Lipinski definition) is 6. The SMILES string of the molecule is Cc1nc(NC2CC(c3cc(=O)[nH]cn3)C2)c2sccc2n1.